The highest BCUT2D eigenvalue weighted by Crippen LogP contribution is 2.24. The molecule has 0 aromatic heterocycles. The van der Waals surface area contributed by atoms with Crippen LogP contribution in [0.5, 0.6) is 0 Å². The van der Waals surface area contributed by atoms with Crippen LogP contribution >= 0.6 is 0 Å². The predicted molar refractivity (Wildman–Crippen MR) is 82.2 cm³/mol. The van der Waals surface area contributed by atoms with Gasteiger partial charge in [-0.1, -0.05) is 42.5 Å². The summed E-state index contributed by atoms with van der Waals surface area (Å²) in [6.07, 6.45) is 0. The molecule has 2 rings (SSSR count). The first kappa shape index (κ1) is 15.5. The minimum Gasteiger partial charge on any atom is -0.398 e. The van der Waals surface area contributed by atoms with Gasteiger partial charge in [-0.2, -0.15) is 0 Å². The number of sulfonamides is 1. The van der Waals surface area contributed by atoms with Gasteiger partial charge in [-0.25, -0.2) is 13.1 Å². The second kappa shape index (κ2) is 6.26. The smallest absolute Gasteiger partial charge is 0.243 e. The van der Waals surface area contributed by atoms with Crippen LogP contribution in [0.1, 0.15) is 17.2 Å². The maximum atomic E-state index is 12.5. The fourth-order valence-electron chi connectivity index (χ4n) is 2.18. The lowest BCUT2D eigenvalue weighted by molar-refractivity contribution is 0.259. The van der Waals surface area contributed by atoms with E-state index in [-0.39, 0.29) is 17.2 Å². The van der Waals surface area contributed by atoms with Crippen molar-refractivity contribution in [3.8, 4) is 0 Å². The maximum absolute atomic E-state index is 12.5. The molecule has 2 aromatic rings. The van der Waals surface area contributed by atoms with E-state index in [0.717, 1.165) is 0 Å². The SMILES string of the molecule is Cc1cccc(N)c1S(=O)(=O)N[C@@H](CO)c1ccccc1. The Hall–Kier alpha value is -1.89. The van der Waals surface area contributed by atoms with Crippen LogP contribution in [0.2, 0.25) is 0 Å². The van der Waals surface area contributed by atoms with Crippen molar-refractivity contribution in [2.24, 2.45) is 0 Å². The van der Waals surface area contributed by atoms with Gasteiger partial charge in [-0.15, -0.1) is 0 Å². The molecule has 0 saturated heterocycles. The fourth-order valence-corrected chi connectivity index (χ4v) is 3.76. The molecule has 5 nitrogen and oxygen atoms in total. The Morgan fingerprint density at radius 2 is 1.81 bits per heavy atom. The average molecular weight is 306 g/mol. The molecule has 0 aliphatic heterocycles. The molecular formula is C15H18N2O3S. The van der Waals surface area contributed by atoms with Crippen molar-refractivity contribution >= 4 is 15.7 Å². The molecule has 112 valence electrons. The van der Waals surface area contributed by atoms with Gasteiger partial charge in [0.25, 0.3) is 0 Å². The van der Waals surface area contributed by atoms with E-state index < -0.39 is 16.1 Å². The van der Waals surface area contributed by atoms with Crippen molar-refractivity contribution in [3.63, 3.8) is 0 Å². The van der Waals surface area contributed by atoms with Gasteiger partial charge < -0.3 is 10.8 Å². The number of hydrogen-bond donors (Lipinski definition) is 3. The van der Waals surface area contributed by atoms with Crippen molar-refractivity contribution in [2.45, 2.75) is 17.9 Å². The van der Waals surface area contributed by atoms with Crippen LogP contribution in [0.15, 0.2) is 53.4 Å². The van der Waals surface area contributed by atoms with Crippen LogP contribution < -0.4 is 10.5 Å². The Balaban J connectivity index is 2.37. The topological polar surface area (TPSA) is 92.4 Å². The zero-order valence-electron chi connectivity index (χ0n) is 11.7. The molecular weight excluding hydrogens is 288 g/mol. The van der Waals surface area contributed by atoms with Crippen LogP contribution in [0.3, 0.4) is 0 Å². The van der Waals surface area contributed by atoms with E-state index in [1.165, 1.54) is 6.07 Å². The molecule has 0 fully saturated rings. The lowest BCUT2D eigenvalue weighted by Gasteiger charge is -2.18. The van der Waals surface area contributed by atoms with E-state index in [2.05, 4.69) is 4.72 Å². The van der Waals surface area contributed by atoms with Crippen molar-refractivity contribution in [1.29, 1.82) is 0 Å². The molecule has 0 heterocycles. The highest BCUT2D eigenvalue weighted by molar-refractivity contribution is 7.89. The molecule has 0 aliphatic carbocycles. The molecule has 0 amide bonds. The highest BCUT2D eigenvalue weighted by atomic mass is 32.2. The van der Waals surface area contributed by atoms with E-state index >= 15 is 0 Å². The molecule has 0 saturated carbocycles. The number of nitrogens with two attached hydrogens (primary N) is 1. The number of rotatable bonds is 5. The lowest BCUT2D eigenvalue weighted by atomic mass is 10.1. The third-order valence-corrected chi connectivity index (χ3v) is 4.88. The number of nitrogen functional groups attached to an aromatic ring is 1. The molecule has 6 heteroatoms. The third-order valence-electron chi connectivity index (χ3n) is 3.19. The summed E-state index contributed by atoms with van der Waals surface area (Å²) in [4.78, 5) is 0.0550. The Morgan fingerprint density at radius 1 is 1.14 bits per heavy atom. The first-order chi connectivity index (χ1) is 9.95. The molecule has 0 aliphatic rings. The molecule has 2 aromatic carbocycles. The zero-order chi connectivity index (χ0) is 15.5. The van der Waals surface area contributed by atoms with Crippen LogP contribution in [-0.4, -0.2) is 20.1 Å². The second-order valence-electron chi connectivity index (χ2n) is 4.76. The van der Waals surface area contributed by atoms with Gasteiger partial charge in [-0.3, -0.25) is 0 Å². The minimum absolute atomic E-state index is 0.0550. The molecule has 21 heavy (non-hydrogen) atoms. The molecule has 0 bridgehead atoms. The Kier molecular flexibility index (Phi) is 4.62. The van der Waals surface area contributed by atoms with Crippen LogP contribution in [0.25, 0.3) is 0 Å². The Bertz CT molecular complexity index is 695. The van der Waals surface area contributed by atoms with Crippen LogP contribution in [0.4, 0.5) is 5.69 Å². The van der Waals surface area contributed by atoms with Gasteiger partial charge >= 0.3 is 0 Å². The molecule has 1 atom stereocenters. The standard InChI is InChI=1S/C15H18N2O3S/c1-11-6-5-9-13(16)15(11)21(19,20)17-14(10-18)12-7-3-2-4-8-12/h2-9,14,17-18H,10,16H2,1H3/t14-/m0/s1. The lowest BCUT2D eigenvalue weighted by Crippen LogP contribution is -2.31. The average Bonchev–Trinajstić information content (AvgIpc) is 2.45. The van der Waals surface area contributed by atoms with Crippen molar-refractivity contribution < 1.29 is 13.5 Å². The Morgan fingerprint density at radius 3 is 2.38 bits per heavy atom. The van der Waals surface area contributed by atoms with E-state index in [4.69, 9.17) is 5.73 Å². The largest absolute Gasteiger partial charge is 0.398 e. The molecule has 0 spiro atoms. The van der Waals surface area contributed by atoms with Crippen LogP contribution in [0, 0.1) is 6.92 Å². The number of anilines is 1. The monoisotopic (exact) mass is 306 g/mol. The van der Waals surface area contributed by atoms with Crippen molar-refractivity contribution in [3.05, 3.63) is 59.7 Å². The normalized spacial score (nSPS) is 13.0. The van der Waals surface area contributed by atoms with Gasteiger partial charge in [0, 0.05) is 0 Å². The summed E-state index contributed by atoms with van der Waals surface area (Å²) < 4.78 is 27.5. The van der Waals surface area contributed by atoms with Gasteiger partial charge in [0.15, 0.2) is 0 Å². The van der Waals surface area contributed by atoms with Gasteiger partial charge in [0.1, 0.15) is 4.90 Å². The van der Waals surface area contributed by atoms with Crippen molar-refractivity contribution in [1.82, 2.24) is 4.72 Å². The van der Waals surface area contributed by atoms with Gasteiger partial charge in [0.2, 0.25) is 10.0 Å². The number of hydrogen-bond acceptors (Lipinski definition) is 4. The van der Waals surface area contributed by atoms with E-state index in [9.17, 15) is 13.5 Å². The second-order valence-corrected chi connectivity index (χ2v) is 6.41. The summed E-state index contributed by atoms with van der Waals surface area (Å²) in [5, 5.41) is 9.47. The first-order valence-corrected chi connectivity index (χ1v) is 7.97. The van der Waals surface area contributed by atoms with Gasteiger partial charge in [-0.05, 0) is 24.1 Å². The number of aliphatic hydroxyl groups excluding tert-OH is 1. The quantitative estimate of drug-likeness (QED) is 0.731. The summed E-state index contributed by atoms with van der Waals surface area (Å²) in [6.45, 7) is 1.34. The molecule has 0 radical (unpaired) electrons. The van der Waals surface area contributed by atoms with Gasteiger partial charge in [0.05, 0.1) is 18.3 Å². The van der Waals surface area contributed by atoms with E-state index in [0.29, 0.717) is 11.1 Å². The molecule has 0 unspecified atom stereocenters. The number of benzene rings is 2. The Labute approximate surface area is 124 Å². The number of aliphatic hydroxyl groups is 1. The highest BCUT2D eigenvalue weighted by Gasteiger charge is 2.24. The predicted octanol–water partition coefficient (Wildman–Crippen LogP) is 1.59. The number of nitrogens with one attached hydrogen (secondary N) is 1. The zero-order valence-corrected chi connectivity index (χ0v) is 12.5. The maximum Gasteiger partial charge on any atom is 0.243 e. The van der Waals surface area contributed by atoms with Crippen molar-refractivity contribution in [2.75, 3.05) is 12.3 Å². The minimum atomic E-state index is -3.82. The summed E-state index contributed by atoms with van der Waals surface area (Å²) in [6, 6.07) is 13.1. The molecule has 4 N–H and O–H groups in total. The summed E-state index contributed by atoms with van der Waals surface area (Å²) in [5.74, 6) is 0. The van der Waals surface area contributed by atoms with Crippen LogP contribution in [-0.2, 0) is 10.0 Å². The third kappa shape index (κ3) is 3.41. The summed E-state index contributed by atoms with van der Waals surface area (Å²) >= 11 is 0. The number of aryl methyl sites for hydroxylation is 1. The summed E-state index contributed by atoms with van der Waals surface area (Å²) in [5.41, 5.74) is 7.22. The van der Waals surface area contributed by atoms with E-state index in [1.807, 2.05) is 6.07 Å². The summed E-state index contributed by atoms with van der Waals surface area (Å²) in [7, 11) is -3.82. The first-order valence-electron chi connectivity index (χ1n) is 6.49. The fraction of sp³-hybridized carbons (Fsp3) is 0.200. The van der Waals surface area contributed by atoms with E-state index in [1.54, 1.807) is 43.3 Å².